The highest BCUT2D eigenvalue weighted by molar-refractivity contribution is 5.76. The highest BCUT2D eigenvalue weighted by Crippen LogP contribution is 2.19. The van der Waals surface area contributed by atoms with Crippen LogP contribution < -0.4 is 5.32 Å². The first kappa shape index (κ1) is 82.8. The van der Waals surface area contributed by atoms with Crippen LogP contribution in [0.1, 0.15) is 418 Å². The van der Waals surface area contributed by atoms with Crippen molar-refractivity contribution in [2.75, 3.05) is 13.2 Å². The Hall–Kier alpha value is -2.18. The van der Waals surface area contributed by atoms with Gasteiger partial charge in [0.1, 0.15) is 0 Å². The number of amides is 1. The second kappa shape index (κ2) is 74.3. The van der Waals surface area contributed by atoms with E-state index in [-0.39, 0.29) is 18.5 Å². The van der Waals surface area contributed by atoms with E-state index in [0.717, 1.165) is 51.4 Å². The molecule has 0 aromatic carbocycles. The molecule has 6 nitrogen and oxygen atoms in total. The van der Waals surface area contributed by atoms with Crippen molar-refractivity contribution in [1.82, 2.24) is 5.32 Å². The maximum absolute atomic E-state index is 12.5. The van der Waals surface area contributed by atoms with Gasteiger partial charge in [0.15, 0.2) is 0 Å². The van der Waals surface area contributed by atoms with Crippen molar-refractivity contribution in [3.63, 3.8) is 0 Å². The van der Waals surface area contributed by atoms with Crippen LogP contribution in [0.25, 0.3) is 0 Å². The number of esters is 1. The maximum Gasteiger partial charge on any atom is 0.305 e. The van der Waals surface area contributed by atoms with E-state index in [9.17, 15) is 19.8 Å². The second-order valence-electron chi connectivity index (χ2n) is 26.3. The zero-order valence-corrected chi connectivity index (χ0v) is 57.4. The fourth-order valence-corrected chi connectivity index (χ4v) is 12.0. The quantitative estimate of drug-likeness (QED) is 0.0320. The van der Waals surface area contributed by atoms with Gasteiger partial charge in [0.2, 0.25) is 5.91 Å². The Kier molecular flexibility index (Phi) is 72.4. The summed E-state index contributed by atoms with van der Waals surface area (Å²) in [5.74, 6) is -0.0594. The predicted molar refractivity (Wildman–Crippen MR) is 375 cm³/mol. The molecule has 0 fully saturated rings. The zero-order chi connectivity index (χ0) is 61.3. The summed E-state index contributed by atoms with van der Waals surface area (Å²) in [7, 11) is 0. The number of allylic oxidation sites excluding steroid dienone is 7. The van der Waals surface area contributed by atoms with Crippen LogP contribution in [0.15, 0.2) is 48.6 Å². The number of aliphatic hydroxyl groups is 2. The van der Waals surface area contributed by atoms with Crippen molar-refractivity contribution in [1.29, 1.82) is 0 Å². The van der Waals surface area contributed by atoms with Gasteiger partial charge in [-0.05, 0) is 89.9 Å². The van der Waals surface area contributed by atoms with Gasteiger partial charge in [-0.3, -0.25) is 9.59 Å². The van der Waals surface area contributed by atoms with Crippen LogP contribution in [0.5, 0.6) is 0 Å². The van der Waals surface area contributed by atoms with E-state index in [2.05, 4.69) is 55.6 Å². The Morgan fingerprint density at radius 1 is 0.329 bits per heavy atom. The lowest BCUT2D eigenvalue weighted by Crippen LogP contribution is -2.45. The molecule has 0 heterocycles. The number of carbonyl (C=O) groups excluding carboxylic acids is 2. The topological polar surface area (TPSA) is 95.9 Å². The minimum atomic E-state index is -0.849. The van der Waals surface area contributed by atoms with Gasteiger partial charge in [-0.2, -0.15) is 0 Å². The number of carbonyl (C=O) groups is 2. The Morgan fingerprint density at radius 3 is 0.906 bits per heavy atom. The van der Waals surface area contributed by atoms with Gasteiger partial charge in [-0.15, -0.1) is 0 Å². The molecule has 0 saturated carbocycles. The van der Waals surface area contributed by atoms with Gasteiger partial charge < -0.3 is 20.3 Å². The van der Waals surface area contributed by atoms with Crippen LogP contribution >= 0.6 is 0 Å². The molecule has 2 unspecified atom stereocenters. The third-order valence-corrected chi connectivity index (χ3v) is 17.8. The summed E-state index contributed by atoms with van der Waals surface area (Å²) in [6.45, 7) is 4.93. The summed E-state index contributed by atoms with van der Waals surface area (Å²) in [6.07, 6.45) is 97.8. The lowest BCUT2D eigenvalue weighted by molar-refractivity contribution is -0.143. The van der Waals surface area contributed by atoms with Crippen molar-refractivity contribution in [3.8, 4) is 0 Å². The fraction of sp³-hybridized carbons (Fsp3) is 0.873. The van der Waals surface area contributed by atoms with Crippen molar-refractivity contribution in [3.05, 3.63) is 48.6 Å². The van der Waals surface area contributed by atoms with Gasteiger partial charge in [0.25, 0.3) is 0 Å². The highest BCUT2D eigenvalue weighted by Gasteiger charge is 2.18. The monoisotopic (exact) mass is 1190 g/mol. The van der Waals surface area contributed by atoms with E-state index >= 15 is 0 Å². The first-order valence-electron chi connectivity index (χ1n) is 38.4. The Morgan fingerprint density at radius 2 is 0.588 bits per heavy atom. The van der Waals surface area contributed by atoms with Gasteiger partial charge >= 0.3 is 5.97 Å². The van der Waals surface area contributed by atoms with Crippen molar-refractivity contribution in [2.45, 2.75) is 431 Å². The molecule has 0 aromatic heterocycles. The molecule has 6 heteroatoms. The van der Waals surface area contributed by atoms with Crippen LogP contribution in [0, 0.1) is 0 Å². The number of hydrogen-bond donors (Lipinski definition) is 3. The third-order valence-electron chi connectivity index (χ3n) is 17.8. The third kappa shape index (κ3) is 70.8. The Balaban J connectivity index is 3.44. The van der Waals surface area contributed by atoms with Crippen molar-refractivity contribution < 1.29 is 24.5 Å². The molecule has 0 bridgehead atoms. The molecule has 0 radical (unpaired) electrons. The number of nitrogens with one attached hydrogen (secondary N) is 1. The first-order valence-corrected chi connectivity index (χ1v) is 38.4. The van der Waals surface area contributed by atoms with E-state index in [1.54, 1.807) is 6.08 Å². The summed E-state index contributed by atoms with van der Waals surface area (Å²) >= 11 is 0. The molecule has 0 spiro atoms. The molecule has 0 aliphatic heterocycles. The first-order chi connectivity index (χ1) is 42.0. The summed E-state index contributed by atoms with van der Waals surface area (Å²) in [6, 6.07) is -0.633. The molecule has 0 rings (SSSR count). The standard InChI is InChI=1S/C79H149NO5/c1-3-5-7-9-11-13-15-17-19-21-23-24-30-33-36-39-43-47-51-55-59-63-67-71-77(82)76(75-81)80-78(83)72-68-64-60-56-52-48-44-40-37-34-31-28-26-25-27-29-32-35-38-42-46-50-54-58-62-66-70-74-85-79(84)73-69-65-61-57-53-49-45-41-22-20-18-16-14-12-10-8-6-4-2/h20,22,25-26,29,32,67,71,76-77,81-82H,3-19,21,23-24,27-28,30-31,33-66,68-70,72-75H2,1-2H3,(H,80,83)/b22-20-,26-25-,32-29-,71-67+. The van der Waals surface area contributed by atoms with Gasteiger partial charge in [-0.25, -0.2) is 0 Å². The van der Waals surface area contributed by atoms with Gasteiger partial charge in [-0.1, -0.05) is 364 Å². The number of unbranched alkanes of at least 4 members (excludes halogenated alkanes) is 55. The van der Waals surface area contributed by atoms with Crippen molar-refractivity contribution in [2.24, 2.45) is 0 Å². The lowest BCUT2D eigenvalue weighted by atomic mass is 10.0. The summed E-state index contributed by atoms with van der Waals surface area (Å²) in [5, 5.41) is 23.3. The smallest absolute Gasteiger partial charge is 0.305 e. The molecule has 0 saturated heterocycles. The average molecular weight is 1190 g/mol. The van der Waals surface area contributed by atoms with Crippen LogP contribution in [0.2, 0.25) is 0 Å². The van der Waals surface area contributed by atoms with E-state index < -0.39 is 12.1 Å². The van der Waals surface area contributed by atoms with Crippen LogP contribution in [0.4, 0.5) is 0 Å². The molecular formula is C79H149NO5. The molecule has 85 heavy (non-hydrogen) atoms. The van der Waals surface area contributed by atoms with Crippen LogP contribution in [-0.4, -0.2) is 47.4 Å². The number of ether oxygens (including phenoxy) is 1. The number of rotatable bonds is 72. The molecule has 0 aliphatic carbocycles. The molecular weight excluding hydrogens is 1040 g/mol. The number of aliphatic hydroxyl groups excluding tert-OH is 2. The molecule has 1 amide bonds. The second-order valence-corrected chi connectivity index (χ2v) is 26.3. The maximum atomic E-state index is 12.5. The molecule has 0 aromatic rings. The molecule has 2 atom stereocenters. The largest absolute Gasteiger partial charge is 0.466 e. The molecule has 500 valence electrons. The van der Waals surface area contributed by atoms with E-state index in [4.69, 9.17) is 4.74 Å². The summed E-state index contributed by atoms with van der Waals surface area (Å²) in [5.41, 5.74) is 0. The average Bonchev–Trinajstić information content (AvgIpc) is 3.51. The Bertz CT molecular complexity index is 1420. The normalized spacial score (nSPS) is 12.8. The SMILES string of the molecule is CCCCCCCCC/C=C\CCCCCCCCCC(=O)OCCCCCCCCCCC/C=C\C/C=C\CCCCCCCCCCCCCC(=O)NC(CO)C(O)/C=C/CCCCCCCCCCCCCCCCCCCCCCC. The minimum Gasteiger partial charge on any atom is -0.466 e. The van der Waals surface area contributed by atoms with Crippen LogP contribution in [0.3, 0.4) is 0 Å². The predicted octanol–water partition coefficient (Wildman–Crippen LogP) is 25.2. The fourth-order valence-electron chi connectivity index (χ4n) is 12.0. The van der Waals surface area contributed by atoms with E-state index in [1.807, 2.05) is 6.08 Å². The van der Waals surface area contributed by atoms with Gasteiger partial charge in [0, 0.05) is 12.8 Å². The summed E-state index contributed by atoms with van der Waals surface area (Å²) < 4.78 is 5.50. The summed E-state index contributed by atoms with van der Waals surface area (Å²) in [4.78, 5) is 24.7. The lowest BCUT2D eigenvalue weighted by Gasteiger charge is -2.20. The zero-order valence-electron chi connectivity index (χ0n) is 57.4. The Labute approximate surface area is 531 Å². The highest BCUT2D eigenvalue weighted by atomic mass is 16.5. The van der Waals surface area contributed by atoms with Crippen molar-refractivity contribution >= 4 is 11.9 Å². The van der Waals surface area contributed by atoms with E-state index in [1.165, 1.54) is 340 Å². The van der Waals surface area contributed by atoms with E-state index in [0.29, 0.717) is 19.4 Å². The number of hydrogen-bond acceptors (Lipinski definition) is 5. The minimum absolute atomic E-state index is 0.00788. The molecule has 3 N–H and O–H groups in total. The van der Waals surface area contributed by atoms with Crippen LogP contribution in [-0.2, 0) is 14.3 Å². The molecule has 0 aliphatic rings. The van der Waals surface area contributed by atoms with Gasteiger partial charge in [0.05, 0.1) is 25.4 Å².